The highest BCUT2D eigenvalue weighted by Gasteiger charge is 2.07. The number of ether oxygens (including phenoxy) is 3. The standard InChI is InChI=1S/C16H26BrNO3/c1-3-8-18-13-14-6-4-7-15(17)16(14)21-10-5-9-20-12-11-19-2/h4,6-7,18H,3,5,8-13H2,1-2H3. The van der Waals surface area contributed by atoms with Crippen LogP contribution < -0.4 is 10.1 Å². The fraction of sp³-hybridized carbons (Fsp3) is 0.625. The number of hydrogen-bond acceptors (Lipinski definition) is 4. The molecule has 0 radical (unpaired) electrons. The summed E-state index contributed by atoms with van der Waals surface area (Å²) in [4.78, 5) is 0. The molecular weight excluding hydrogens is 334 g/mol. The Balaban J connectivity index is 2.35. The number of halogens is 1. The first kappa shape index (κ1) is 18.4. The van der Waals surface area contributed by atoms with E-state index in [1.54, 1.807) is 7.11 Å². The first-order valence-corrected chi connectivity index (χ1v) is 8.26. The second kappa shape index (κ2) is 12.0. The highest BCUT2D eigenvalue weighted by molar-refractivity contribution is 9.10. The number of rotatable bonds is 12. The summed E-state index contributed by atoms with van der Waals surface area (Å²) in [5.74, 6) is 0.929. The summed E-state index contributed by atoms with van der Waals surface area (Å²) in [5.41, 5.74) is 1.18. The van der Waals surface area contributed by atoms with Gasteiger partial charge in [-0.1, -0.05) is 19.1 Å². The molecule has 1 aromatic rings. The van der Waals surface area contributed by atoms with Gasteiger partial charge >= 0.3 is 0 Å². The van der Waals surface area contributed by atoms with Crippen LogP contribution in [-0.4, -0.2) is 40.1 Å². The Hall–Kier alpha value is -0.620. The number of nitrogens with one attached hydrogen (secondary N) is 1. The first-order valence-electron chi connectivity index (χ1n) is 7.47. The predicted molar refractivity (Wildman–Crippen MR) is 88.9 cm³/mol. The van der Waals surface area contributed by atoms with Crippen LogP contribution in [0.3, 0.4) is 0 Å². The highest BCUT2D eigenvalue weighted by Crippen LogP contribution is 2.29. The molecule has 0 unspecified atom stereocenters. The normalized spacial score (nSPS) is 10.8. The molecule has 0 amide bonds. The van der Waals surface area contributed by atoms with E-state index in [2.05, 4.69) is 34.2 Å². The van der Waals surface area contributed by atoms with Crippen LogP contribution in [0.5, 0.6) is 5.75 Å². The number of para-hydroxylation sites is 1. The highest BCUT2D eigenvalue weighted by atomic mass is 79.9. The Morgan fingerprint density at radius 2 is 2.00 bits per heavy atom. The van der Waals surface area contributed by atoms with Crippen molar-refractivity contribution in [2.45, 2.75) is 26.3 Å². The van der Waals surface area contributed by atoms with Gasteiger partial charge in [-0.3, -0.25) is 0 Å². The zero-order valence-corrected chi connectivity index (χ0v) is 14.6. The van der Waals surface area contributed by atoms with Crippen molar-refractivity contribution < 1.29 is 14.2 Å². The molecule has 0 fully saturated rings. The molecule has 0 aromatic heterocycles. The van der Waals surface area contributed by atoms with E-state index in [-0.39, 0.29) is 0 Å². The third-order valence-corrected chi connectivity index (χ3v) is 3.53. The van der Waals surface area contributed by atoms with E-state index in [0.29, 0.717) is 26.4 Å². The van der Waals surface area contributed by atoms with Crippen LogP contribution in [0.25, 0.3) is 0 Å². The second-order valence-electron chi connectivity index (χ2n) is 4.71. The van der Waals surface area contributed by atoms with Crippen LogP contribution in [0.15, 0.2) is 22.7 Å². The molecule has 5 heteroatoms. The molecule has 0 saturated heterocycles. The third-order valence-electron chi connectivity index (χ3n) is 2.90. The van der Waals surface area contributed by atoms with E-state index in [1.165, 1.54) is 5.56 Å². The van der Waals surface area contributed by atoms with Gasteiger partial charge in [0.1, 0.15) is 5.75 Å². The average Bonchev–Trinajstić information content (AvgIpc) is 2.49. The van der Waals surface area contributed by atoms with Gasteiger partial charge in [-0.25, -0.2) is 0 Å². The molecule has 0 bridgehead atoms. The Kier molecular flexibility index (Phi) is 10.5. The summed E-state index contributed by atoms with van der Waals surface area (Å²) in [6, 6.07) is 6.14. The lowest BCUT2D eigenvalue weighted by Crippen LogP contribution is -2.15. The SMILES string of the molecule is CCCNCc1cccc(Br)c1OCCCOCCOC. The van der Waals surface area contributed by atoms with Crippen LogP contribution in [0.2, 0.25) is 0 Å². The molecule has 1 rings (SSSR count). The fourth-order valence-electron chi connectivity index (χ4n) is 1.83. The maximum Gasteiger partial charge on any atom is 0.137 e. The summed E-state index contributed by atoms with van der Waals surface area (Å²) in [6.45, 7) is 6.62. The molecule has 1 N–H and O–H groups in total. The molecule has 0 aliphatic carbocycles. The van der Waals surface area contributed by atoms with Gasteiger partial charge in [0.15, 0.2) is 0 Å². The molecule has 0 aliphatic rings. The molecular formula is C16H26BrNO3. The van der Waals surface area contributed by atoms with Crippen molar-refractivity contribution in [2.75, 3.05) is 40.1 Å². The van der Waals surface area contributed by atoms with E-state index in [4.69, 9.17) is 14.2 Å². The zero-order valence-electron chi connectivity index (χ0n) is 13.0. The Bertz CT molecular complexity index is 388. The van der Waals surface area contributed by atoms with Crippen molar-refractivity contribution in [3.8, 4) is 5.75 Å². The molecule has 120 valence electrons. The minimum absolute atomic E-state index is 0.637. The van der Waals surface area contributed by atoms with Gasteiger partial charge in [0, 0.05) is 32.2 Å². The number of benzene rings is 1. The first-order chi connectivity index (χ1) is 10.3. The monoisotopic (exact) mass is 359 g/mol. The molecule has 1 aromatic carbocycles. The van der Waals surface area contributed by atoms with Crippen LogP contribution in [0.1, 0.15) is 25.3 Å². The smallest absolute Gasteiger partial charge is 0.137 e. The molecule has 21 heavy (non-hydrogen) atoms. The quantitative estimate of drug-likeness (QED) is 0.580. The lowest BCUT2D eigenvalue weighted by atomic mass is 10.2. The van der Waals surface area contributed by atoms with Crippen molar-refractivity contribution in [1.82, 2.24) is 5.32 Å². The van der Waals surface area contributed by atoms with Crippen molar-refractivity contribution in [2.24, 2.45) is 0 Å². The minimum Gasteiger partial charge on any atom is -0.492 e. The zero-order chi connectivity index (χ0) is 15.3. The second-order valence-corrected chi connectivity index (χ2v) is 5.57. The minimum atomic E-state index is 0.637. The summed E-state index contributed by atoms with van der Waals surface area (Å²) in [5, 5.41) is 3.40. The van der Waals surface area contributed by atoms with Crippen LogP contribution in [0.4, 0.5) is 0 Å². The maximum absolute atomic E-state index is 5.91. The van der Waals surface area contributed by atoms with Gasteiger partial charge in [0.25, 0.3) is 0 Å². The fourth-order valence-corrected chi connectivity index (χ4v) is 2.36. The Morgan fingerprint density at radius 1 is 1.14 bits per heavy atom. The number of methoxy groups -OCH3 is 1. The van der Waals surface area contributed by atoms with Crippen molar-refractivity contribution in [3.63, 3.8) is 0 Å². The Morgan fingerprint density at radius 3 is 2.76 bits per heavy atom. The molecule has 0 saturated carbocycles. The average molecular weight is 360 g/mol. The van der Waals surface area contributed by atoms with Gasteiger partial charge in [-0.2, -0.15) is 0 Å². The van der Waals surface area contributed by atoms with Crippen molar-refractivity contribution in [1.29, 1.82) is 0 Å². The molecule has 0 spiro atoms. The summed E-state index contributed by atoms with van der Waals surface area (Å²) >= 11 is 3.56. The molecule has 0 heterocycles. The van der Waals surface area contributed by atoms with E-state index >= 15 is 0 Å². The predicted octanol–water partition coefficient (Wildman–Crippen LogP) is 3.38. The number of hydrogen-bond donors (Lipinski definition) is 1. The van der Waals surface area contributed by atoms with E-state index in [0.717, 1.165) is 36.2 Å². The molecule has 4 nitrogen and oxygen atoms in total. The van der Waals surface area contributed by atoms with E-state index in [1.807, 2.05) is 12.1 Å². The van der Waals surface area contributed by atoms with E-state index < -0.39 is 0 Å². The summed E-state index contributed by atoms with van der Waals surface area (Å²) in [6.07, 6.45) is 2.00. The van der Waals surface area contributed by atoms with Crippen molar-refractivity contribution in [3.05, 3.63) is 28.2 Å². The lowest BCUT2D eigenvalue weighted by Gasteiger charge is -2.14. The van der Waals surface area contributed by atoms with Crippen LogP contribution in [0, 0.1) is 0 Å². The van der Waals surface area contributed by atoms with Gasteiger partial charge < -0.3 is 19.5 Å². The molecule has 0 atom stereocenters. The lowest BCUT2D eigenvalue weighted by molar-refractivity contribution is 0.0643. The largest absolute Gasteiger partial charge is 0.492 e. The molecule has 0 aliphatic heterocycles. The van der Waals surface area contributed by atoms with E-state index in [9.17, 15) is 0 Å². The van der Waals surface area contributed by atoms with Crippen LogP contribution in [-0.2, 0) is 16.0 Å². The van der Waals surface area contributed by atoms with Crippen molar-refractivity contribution >= 4 is 15.9 Å². The topological polar surface area (TPSA) is 39.7 Å². The van der Waals surface area contributed by atoms with Gasteiger partial charge in [0.05, 0.1) is 24.3 Å². The van der Waals surface area contributed by atoms with Gasteiger partial charge in [0.2, 0.25) is 0 Å². The van der Waals surface area contributed by atoms with Gasteiger partial charge in [-0.05, 0) is 35.0 Å². The summed E-state index contributed by atoms with van der Waals surface area (Å²) < 4.78 is 17.3. The van der Waals surface area contributed by atoms with Gasteiger partial charge in [-0.15, -0.1) is 0 Å². The summed E-state index contributed by atoms with van der Waals surface area (Å²) in [7, 11) is 1.67. The Labute approximate surface area is 136 Å². The maximum atomic E-state index is 5.91. The third kappa shape index (κ3) is 7.81. The van der Waals surface area contributed by atoms with Crippen LogP contribution >= 0.6 is 15.9 Å².